The molecule has 2 rings (SSSR count). The highest BCUT2D eigenvalue weighted by Gasteiger charge is 2.22. The van der Waals surface area contributed by atoms with Crippen molar-refractivity contribution in [2.45, 2.75) is 12.6 Å². The molecule has 1 N–H and O–H groups in total. The summed E-state index contributed by atoms with van der Waals surface area (Å²) in [6, 6.07) is 5.52. The SMILES string of the molecule is COCCn1ncc(Br)c1C(O)c1cc(Br)ccc1OC. The van der Waals surface area contributed by atoms with Crippen LogP contribution in [0.4, 0.5) is 0 Å². The highest BCUT2D eigenvalue weighted by atomic mass is 79.9. The minimum absolute atomic E-state index is 0.517. The second-order valence-corrected chi connectivity index (χ2v) is 6.15. The standard InChI is InChI=1S/C14H16Br2N2O3/c1-20-6-5-18-13(11(16)8-17-18)14(19)10-7-9(15)3-4-12(10)21-2/h3-4,7-8,14,19H,5-6H2,1-2H3. The zero-order valence-corrected chi connectivity index (χ0v) is 14.9. The van der Waals surface area contributed by atoms with Crippen molar-refractivity contribution in [3.05, 3.63) is 44.6 Å². The number of rotatable bonds is 6. The molecule has 0 amide bonds. The minimum atomic E-state index is -0.855. The molecule has 0 fully saturated rings. The van der Waals surface area contributed by atoms with Crippen molar-refractivity contribution in [1.82, 2.24) is 9.78 Å². The van der Waals surface area contributed by atoms with E-state index < -0.39 is 6.10 Å². The Bertz CT molecular complexity index is 616. The molecule has 0 aliphatic heterocycles. The summed E-state index contributed by atoms with van der Waals surface area (Å²) >= 11 is 6.85. The molecule has 0 bridgehead atoms. The lowest BCUT2D eigenvalue weighted by Gasteiger charge is -2.17. The number of benzene rings is 1. The summed E-state index contributed by atoms with van der Waals surface area (Å²) in [7, 11) is 3.21. The smallest absolute Gasteiger partial charge is 0.125 e. The van der Waals surface area contributed by atoms with Crippen molar-refractivity contribution in [2.24, 2.45) is 0 Å². The summed E-state index contributed by atoms with van der Waals surface area (Å²) < 4.78 is 13.7. The Kier molecular flexibility index (Phi) is 5.80. The summed E-state index contributed by atoms with van der Waals surface area (Å²) in [6.07, 6.45) is 0.810. The predicted octanol–water partition coefficient (Wildman–Crippen LogP) is 3.14. The van der Waals surface area contributed by atoms with E-state index in [0.29, 0.717) is 30.2 Å². The van der Waals surface area contributed by atoms with Gasteiger partial charge in [0.25, 0.3) is 0 Å². The average Bonchev–Trinajstić information content (AvgIpc) is 2.85. The van der Waals surface area contributed by atoms with Crippen LogP contribution in [0.15, 0.2) is 33.3 Å². The molecule has 0 spiro atoms. The Morgan fingerprint density at radius 1 is 1.33 bits per heavy atom. The van der Waals surface area contributed by atoms with E-state index in [1.54, 1.807) is 25.1 Å². The summed E-state index contributed by atoms with van der Waals surface area (Å²) in [5.41, 5.74) is 1.34. The molecule has 5 nitrogen and oxygen atoms in total. The van der Waals surface area contributed by atoms with Gasteiger partial charge in [-0.15, -0.1) is 0 Å². The van der Waals surface area contributed by atoms with Crippen LogP contribution in [0.25, 0.3) is 0 Å². The molecular weight excluding hydrogens is 404 g/mol. The predicted molar refractivity (Wildman–Crippen MR) is 86.6 cm³/mol. The Morgan fingerprint density at radius 3 is 2.76 bits per heavy atom. The monoisotopic (exact) mass is 418 g/mol. The zero-order chi connectivity index (χ0) is 15.4. The van der Waals surface area contributed by atoms with Gasteiger partial charge in [-0.25, -0.2) is 0 Å². The molecule has 1 aromatic heterocycles. The van der Waals surface area contributed by atoms with Gasteiger partial charge in [-0.05, 0) is 34.1 Å². The first-order valence-corrected chi connectivity index (χ1v) is 7.88. The Balaban J connectivity index is 2.42. The lowest BCUT2D eigenvalue weighted by atomic mass is 10.1. The quantitative estimate of drug-likeness (QED) is 0.781. The van der Waals surface area contributed by atoms with Crippen LogP contribution < -0.4 is 4.74 Å². The third-order valence-electron chi connectivity index (χ3n) is 3.09. The second kappa shape index (κ2) is 7.40. The summed E-state index contributed by atoms with van der Waals surface area (Å²) in [6.45, 7) is 1.08. The number of halogens is 2. The van der Waals surface area contributed by atoms with Crippen LogP contribution in [-0.4, -0.2) is 35.7 Å². The van der Waals surface area contributed by atoms with Crippen molar-refractivity contribution >= 4 is 31.9 Å². The third-order valence-corrected chi connectivity index (χ3v) is 4.19. The number of hydrogen-bond donors (Lipinski definition) is 1. The normalized spacial score (nSPS) is 12.4. The number of nitrogens with zero attached hydrogens (tertiary/aromatic N) is 2. The van der Waals surface area contributed by atoms with Crippen LogP contribution in [-0.2, 0) is 11.3 Å². The van der Waals surface area contributed by atoms with E-state index in [1.165, 1.54) is 0 Å². The van der Waals surface area contributed by atoms with Gasteiger partial charge in [-0.2, -0.15) is 5.10 Å². The van der Waals surface area contributed by atoms with E-state index >= 15 is 0 Å². The molecule has 0 saturated carbocycles. The molecule has 0 aliphatic rings. The largest absolute Gasteiger partial charge is 0.496 e. The highest BCUT2D eigenvalue weighted by Crippen LogP contribution is 2.35. The third kappa shape index (κ3) is 3.66. The average molecular weight is 420 g/mol. The Morgan fingerprint density at radius 2 is 2.10 bits per heavy atom. The molecule has 0 radical (unpaired) electrons. The molecule has 114 valence electrons. The van der Waals surface area contributed by atoms with Crippen LogP contribution in [0.5, 0.6) is 5.75 Å². The lowest BCUT2D eigenvalue weighted by Crippen LogP contribution is -2.14. The van der Waals surface area contributed by atoms with E-state index in [1.807, 2.05) is 18.2 Å². The van der Waals surface area contributed by atoms with Crippen molar-refractivity contribution in [3.63, 3.8) is 0 Å². The van der Waals surface area contributed by atoms with Gasteiger partial charge in [0.2, 0.25) is 0 Å². The summed E-state index contributed by atoms with van der Waals surface area (Å²) in [4.78, 5) is 0. The molecule has 21 heavy (non-hydrogen) atoms. The van der Waals surface area contributed by atoms with Gasteiger partial charge >= 0.3 is 0 Å². The van der Waals surface area contributed by atoms with E-state index in [9.17, 15) is 5.11 Å². The van der Waals surface area contributed by atoms with Gasteiger partial charge in [0.1, 0.15) is 11.9 Å². The fourth-order valence-corrected chi connectivity index (χ4v) is 2.96. The highest BCUT2D eigenvalue weighted by molar-refractivity contribution is 9.10. The Hall–Kier alpha value is -0.890. The fraction of sp³-hybridized carbons (Fsp3) is 0.357. The van der Waals surface area contributed by atoms with Crippen molar-refractivity contribution in [2.75, 3.05) is 20.8 Å². The van der Waals surface area contributed by atoms with Gasteiger partial charge in [-0.3, -0.25) is 4.68 Å². The number of methoxy groups -OCH3 is 2. The molecular formula is C14H16Br2N2O3. The van der Waals surface area contributed by atoms with Crippen LogP contribution >= 0.6 is 31.9 Å². The number of aliphatic hydroxyl groups excluding tert-OH is 1. The number of aliphatic hydroxyl groups is 1. The minimum Gasteiger partial charge on any atom is -0.496 e. The topological polar surface area (TPSA) is 56.5 Å². The summed E-state index contributed by atoms with van der Waals surface area (Å²) in [5.74, 6) is 0.622. The molecule has 1 heterocycles. The van der Waals surface area contributed by atoms with Crippen molar-refractivity contribution < 1.29 is 14.6 Å². The van der Waals surface area contributed by atoms with Crippen molar-refractivity contribution in [3.8, 4) is 5.75 Å². The molecule has 7 heteroatoms. The van der Waals surface area contributed by atoms with Gasteiger partial charge in [0, 0.05) is 17.1 Å². The number of ether oxygens (including phenoxy) is 2. The van der Waals surface area contributed by atoms with Crippen LogP contribution in [0.2, 0.25) is 0 Å². The van der Waals surface area contributed by atoms with Gasteiger partial charge in [0.05, 0.1) is 36.6 Å². The molecule has 1 atom stereocenters. The summed E-state index contributed by atoms with van der Waals surface area (Å²) in [5, 5.41) is 15.0. The van der Waals surface area contributed by atoms with Gasteiger partial charge in [-0.1, -0.05) is 15.9 Å². The first kappa shape index (κ1) is 16.5. The Labute approximate surface area is 140 Å². The molecule has 1 unspecified atom stereocenters. The second-order valence-electron chi connectivity index (χ2n) is 4.38. The van der Waals surface area contributed by atoms with Crippen LogP contribution in [0, 0.1) is 0 Å². The molecule has 0 saturated heterocycles. The van der Waals surface area contributed by atoms with Crippen LogP contribution in [0.3, 0.4) is 0 Å². The van der Waals surface area contributed by atoms with Crippen LogP contribution in [0.1, 0.15) is 17.4 Å². The maximum absolute atomic E-state index is 10.7. The van der Waals surface area contributed by atoms with E-state index in [2.05, 4.69) is 37.0 Å². The number of hydrogen-bond acceptors (Lipinski definition) is 4. The van der Waals surface area contributed by atoms with E-state index in [4.69, 9.17) is 9.47 Å². The maximum Gasteiger partial charge on any atom is 0.125 e. The van der Waals surface area contributed by atoms with E-state index in [0.717, 1.165) is 8.95 Å². The molecule has 1 aromatic carbocycles. The van der Waals surface area contributed by atoms with Gasteiger partial charge < -0.3 is 14.6 Å². The first-order chi connectivity index (χ1) is 10.1. The zero-order valence-electron chi connectivity index (χ0n) is 11.7. The first-order valence-electron chi connectivity index (χ1n) is 6.30. The number of aromatic nitrogens is 2. The maximum atomic E-state index is 10.7. The molecule has 2 aromatic rings. The fourth-order valence-electron chi connectivity index (χ4n) is 2.07. The van der Waals surface area contributed by atoms with Crippen molar-refractivity contribution in [1.29, 1.82) is 0 Å². The lowest BCUT2D eigenvalue weighted by molar-refractivity contribution is 0.170. The van der Waals surface area contributed by atoms with Gasteiger partial charge in [0.15, 0.2) is 0 Å². The van der Waals surface area contributed by atoms with E-state index in [-0.39, 0.29) is 0 Å². The molecule has 0 aliphatic carbocycles.